The molecule has 2 aromatic carbocycles. The van der Waals surface area contributed by atoms with Crippen LogP contribution in [-0.2, 0) is 5.54 Å². The molecule has 0 radical (unpaired) electrons. The Morgan fingerprint density at radius 1 is 1.11 bits per heavy atom. The Morgan fingerprint density at radius 2 is 1.74 bits per heavy atom. The molecule has 2 aromatic rings. The highest BCUT2D eigenvalue weighted by Gasteiger charge is 2.27. The fourth-order valence-corrected chi connectivity index (χ4v) is 2.66. The molecule has 0 aromatic heterocycles. The van der Waals surface area contributed by atoms with Gasteiger partial charge in [-0.3, -0.25) is 0 Å². The summed E-state index contributed by atoms with van der Waals surface area (Å²) in [7, 11) is 0. The zero-order valence-corrected chi connectivity index (χ0v) is 11.0. The van der Waals surface area contributed by atoms with Gasteiger partial charge in [-0.15, -0.1) is 11.8 Å². The number of halogens is 1. The predicted molar refractivity (Wildman–Crippen MR) is 75.0 cm³/mol. The lowest BCUT2D eigenvalue weighted by Gasteiger charge is -2.21. The van der Waals surface area contributed by atoms with Crippen molar-refractivity contribution in [1.82, 2.24) is 0 Å². The molecule has 0 aliphatic carbocycles. The van der Waals surface area contributed by atoms with Gasteiger partial charge in [-0.25, -0.2) is 4.39 Å². The summed E-state index contributed by atoms with van der Waals surface area (Å²) in [5.41, 5.74) is 5.73. The smallest absolute Gasteiger partial charge is 0.139 e. The number of rotatable bonds is 4. The zero-order valence-electron chi connectivity index (χ0n) is 10.2. The van der Waals surface area contributed by atoms with Gasteiger partial charge in [-0.2, -0.15) is 5.26 Å². The van der Waals surface area contributed by atoms with Crippen molar-refractivity contribution in [1.29, 1.82) is 5.26 Å². The minimum absolute atomic E-state index is 0.291. The number of nitriles is 1. The summed E-state index contributed by atoms with van der Waals surface area (Å²) in [5, 5.41) is 9.30. The first-order chi connectivity index (χ1) is 9.15. The third kappa shape index (κ3) is 3.14. The number of benzene rings is 2. The first-order valence-corrected chi connectivity index (χ1v) is 6.77. The van der Waals surface area contributed by atoms with Gasteiger partial charge in [-0.05, 0) is 17.7 Å². The summed E-state index contributed by atoms with van der Waals surface area (Å²) >= 11 is 1.25. The Bertz CT molecular complexity index is 595. The van der Waals surface area contributed by atoms with Crippen LogP contribution in [0.5, 0.6) is 0 Å². The van der Waals surface area contributed by atoms with Gasteiger partial charge in [0.15, 0.2) is 0 Å². The number of nitrogens with two attached hydrogens (primary N) is 1. The average Bonchev–Trinajstić information content (AvgIpc) is 2.47. The Labute approximate surface area is 116 Å². The van der Waals surface area contributed by atoms with Crippen molar-refractivity contribution >= 4 is 11.8 Å². The van der Waals surface area contributed by atoms with E-state index in [-0.39, 0.29) is 5.82 Å². The standard InChI is InChI=1S/C15H13FN2S/c16-13-8-4-5-9-14(13)19-11-15(18,10-17)12-6-2-1-3-7-12/h1-9H,11,18H2. The van der Waals surface area contributed by atoms with Crippen LogP contribution in [0.1, 0.15) is 5.56 Å². The van der Waals surface area contributed by atoms with Gasteiger partial charge in [0.2, 0.25) is 0 Å². The Kier molecular flexibility index (Phi) is 4.20. The molecule has 2 nitrogen and oxygen atoms in total. The monoisotopic (exact) mass is 272 g/mol. The highest BCUT2D eigenvalue weighted by molar-refractivity contribution is 7.99. The first kappa shape index (κ1) is 13.6. The lowest BCUT2D eigenvalue weighted by molar-refractivity contribution is 0.600. The van der Waals surface area contributed by atoms with Crippen LogP contribution in [0.3, 0.4) is 0 Å². The summed E-state index contributed by atoms with van der Waals surface area (Å²) in [6, 6.07) is 17.8. The maximum absolute atomic E-state index is 13.5. The van der Waals surface area contributed by atoms with Crippen LogP contribution in [0, 0.1) is 17.1 Å². The zero-order chi connectivity index (χ0) is 13.7. The summed E-state index contributed by atoms with van der Waals surface area (Å²) < 4.78 is 13.5. The first-order valence-electron chi connectivity index (χ1n) is 5.79. The molecule has 96 valence electrons. The molecule has 2 rings (SSSR count). The van der Waals surface area contributed by atoms with E-state index in [1.807, 2.05) is 30.3 Å². The third-order valence-corrected chi connectivity index (χ3v) is 4.02. The van der Waals surface area contributed by atoms with E-state index in [0.29, 0.717) is 10.6 Å². The molecule has 0 heterocycles. The quantitative estimate of drug-likeness (QED) is 0.869. The summed E-state index contributed by atoms with van der Waals surface area (Å²) in [6.07, 6.45) is 0. The van der Waals surface area contributed by atoms with Crippen LogP contribution >= 0.6 is 11.8 Å². The SMILES string of the molecule is N#CC(N)(CSc1ccccc1F)c1ccccc1. The maximum Gasteiger partial charge on any atom is 0.139 e. The molecule has 0 amide bonds. The summed E-state index contributed by atoms with van der Waals surface area (Å²) in [4.78, 5) is 0.503. The lowest BCUT2D eigenvalue weighted by atomic mass is 9.95. The van der Waals surface area contributed by atoms with Crippen LogP contribution in [0.25, 0.3) is 0 Å². The molecule has 0 saturated carbocycles. The van der Waals surface area contributed by atoms with Gasteiger partial charge in [0, 0.05) is 10.6 Å². The van der Waals surface area contributed by atoms with E-state index in [4.69, 9.17) is 5.73 Å². The Morgan fingerprint density at radius 3 is 2.37 bits per heavy atom. The molecule has 0 bridgehead atoms. The maximum atomic E-state index is 13.5. The van der Waals surface area contributed by atoms with Crippen molar-refractivity contribution in [3.8, 4) is 6.07 Å². The van der Waals surface area contributed by atoms with E-state index in [1.54, 1.807) is 18.2 Å². The van der Waals surface area contributed by atoms with Crippen molar-refractivity contribution in [3.63, 3.8) is 0 Å². The van der Waals surface area contributed by atoms with Gasteiger partial charge < -0.3 is 5.73 Å². The van der Waals surface area contributed by atoms with Gasteiger partial charge in [0.25, 0.3) is 0 Å². The molecule has 0 spiro atoms. The van der Waals surface area contributed by atoms with Crippen molar-refractivity contribution in [2.75, 3.05) is 5.75 Å². The van der Waals surface area contributed by atoms with E-state index in [0.717, 1.165) is 5.56 Å². The molecule has 4 heteroatoms. The lowest BCUT2D eigenvalue weighted by Crippen LogP contribution is -2.37. The fraction of sp³-hybridized carbons (Fsp3) is 0.133. The van der Waals surface area contributed by atoms with Gasteiger partial charge in [0.1, 0.15) is 11.4 Å². The normalized spacial score (nSPS) is 13.5. The fourth-order valence-electron chi connectivity index (χ4n) is 1.67. The summed E-state index contributed by atoms with van der Waals surface area (Å²) in [5.74, 6) is 0.00917. The molecular weight excluding hydrogens is 259 g/mol. The Hall–Kier alpha value is -1.83. The van der Waals surface area contributed by atoms with E-state index < -0.39 is 5.54 Å². The summed E-state index contributed by atoms with van der Waals surface area (Å²) in [6.45, 7) is 0. The van der Waals surface area contributed by atoms with Crippen molar-refractivity contribution < 1.29 is 4.39 Å². The Balaban J connectivity index is 2.17. The minimum Gasteiger partial charge on any atom is -0.309 e. The van der Waals surface area contributed by atoms with Crippen LogP contribution in [0.15, 0.2) is 59.5 Å². The highest BCUT2D eigenvalue weighted by atomic mass is 32.2. The van der Waals surface area contributed by atoms with E-state index in [9.17, 15) is 9.65 Å². The second-order valence-corrected chi connectivity index (χ2v) is 5.19. The predicted octanol–water partition coefficient (Wildman–Crippen LogP) is 3.30. The molecule has 0 aliphatic heterocycles. The van der Waals surface area contributed by atoms with Gasteiger partial charge in [0.05, 0.1) is 6.07 Å². The molecule has 0 fully saturated rings. The topological polar surface area (TPSA) is 49.8 Å². The van der Waals surface area contributed by atoms with Crippen LogP contribution < -0.4 is 5.73 Å². The van der Waals surface area contributed by atoms with Gasteiger partial charge >= 0.3 is 0 Å². The average molecular weight is 272 g/mol. The van der Waals surface area contributed by atoms with E-state index >= 15 is 0 Å². The van der Waals surface area contributed by atoms with E-state index in [1.165, 1.54) is 17.8 Å². The number of hydrogen-bond acceptors (Lipinski definition) is 3. The van der Waals surface area contributed by atoms with Crippen molar-refractivity contribution in [2.24, 2.45) is 5.73 Å². The third-order valence-electron chi connectivity index (χ3n) is 2.78. The molecule has 1 atom stereocenters. The molecule has 2 N–H and O–H groups in total. The number of hydrogen-bond donors (Lipinski definition) is 1. The number of thioether (sulfide) groups is 1. The molecule has 19 heavy (non-hydrogen) atoms. The van der Waals surface area contributed by atoms with Crippen LogP contribution in [0.2, 0.25) is 0 Å². The molecular formula is C15H13FN2S. The second-order valence-electron chi connectivity index (χ2n) is 4.17. The van der Waals surface area contributed by atoms with E-state index in [2.05, 4.69) is 6.07 Å². The number of nitrogens with zero attached hydrogens (tertiary/aromatic N) is 1. The van der Waals surface area contributed by atoms with Crippen LogP contribution in [-0.4, -0.2) is 5.75 Å². The highest BCUT2D eigenvalue weighted by Crippen LogP contribution is 2.28. The molecule has 1 unspecified atom stereocenters. The minimum atomic E-state index is -1.12. The largest absolute Gasteiger partial charge is 0.309 e. The van der Waals surface area contributed by atoms with Gasteiger partial charge in [-0.1, -0.05) is 42.5 Å². The second kappa shape index (κ2) is 5.87. The van der Waals surface area contributed by atoms with Crippen molar-refractivity contribution in [2.45, 2.75) is 10.4 Å². The van der Waals surface area contributed by atoms with Crippen molar-refractivity contribution in [3.05, 3.63) is 66.0 Å². The van der Waals surface area contributed by atoms with Crippen LogP contribution in [0.4, 0.5) is 4.39 Å². The molecule has 0 aliphatic rings. The molecule has 0 saturated heterocycles.